The molecule has 10 nitrogen and oxygen atoms in total. The highest BCUT2D eigenvalue weighted by molar-refractivity contribution is 6.32. The Balaban J connectivity index is 0.000000748. The molecule has 1 aromatic heterocycles. The molecule has 0 saturated heterocycles. The number of carboxylic acids is 1. The van der Waals surface area contributed by atoms with Crippen LogP contribution in [-0.2, 0) is 17.8 Å². The Hall–Kier alpha value is -4.51. The second kappa shape index (κ2) is 14.4. The van der Waals surface area contributed by atoms with E-state index in [-0.39, 0.29) is 0 Å². The average molecular weight is 590 g/mol. The highest BCUT2D eigenvalue weighted by Crippen LogP contribution is 2.33. The number of carboxylic acid groups (broad SMARTS) is 1. The number of para-hydroxylation sites is 2. The third-order valence-corrected chi connectivity index (χ3v) is 6.57. The minimum atomic E-state index is -1.19. The predicted molar refractivity (Wildman–Crippen MR) is 162 cm³/mol. The summed E-state index contributed by atoms with van der Waals surface area (Å²) in [7, 11) is 0. The molecule has 42 heavy (non-hydrogen) atoms. The molecule has 0 bridgehead atoms. The van der Waals surface area contributed by atoms with Gasteiger partial charge in [-0.3, -0.25) is 10.00 Å². The molecule has 11 heteroatoms. The Morgan fingerprint density at radius 2 is 1.83 bits per heavy atom. The van der Waals surface area contributed by atoms with Crippen LogP contribution in [0, 0.1) is 0 Å². The van der Waals surface area contributed by atoms with Gasteiger partial charge in [-0.05, 0) is 62.2 Å². The first-order valence-electron chi connectivity index (χ1n) is 13.4. The number of aliphatic hydroxyl groups is 1. The fourth-order valence-electron chi connectivity index (χ4n) is 4.22. The van der Waals surface area contributed by atoms with Crippen LogP contribution in [0.3, 0.4) is 0 Å². The molecule has 0 saturated carbocycles. The molecule has 1 aliphatic heterocycles. The number of rotatable bonds is 9. The summed E-state index contributed by atoms with van der Waals surface area (Å²) in [5, 5.41) is 27.2. The summed E-state index contributed by atoms with van der Waals surface area (Å²) in [5.41, 5.74) is 5.69. The molecular formula is C31H32ClN5O5. The number of carbonyl (C=O) groups is 2. The zero-order valence-electron chi connectivity index (χ0n) is 23.3. The largest absolute Gasteiger partial charge is 0.480 e. The van der Waals surface area contributed by atoms with Crippen molar-refractivity contribution in [2.24, 2.45) is 0 Å². The maximum atomic E-state index is 12.5. The zero-order chi connectivity index (χ0) is 30.1. The fraction of sp³-hybridized carbons (Fsp3) is 0.226. The predicted octanol–water partition coefficient (Wildman–Crippen LogP) is 5.78. The summed E-state index contributed by atoms with van der Waals surface area (Å²) in [6, 6.07) is 21.0. The van der Waals surface area contributed by atoms with Crippen molar-refractivity contribution in [1.82, 2.24) is 20.1 Å². The van der Waals surface area contributed by atoms with Crippen LogP contribution >= 0.6 is 11.6 Å². The number of carbonyl (C=O) groups excluding carboxylic acids is 1. The van der Waals surface area contributed by atoms with Crippen molar-refractivity contribution in [1.29, 1.82) is 0 Å². The number of aliphatic carboxylic acids is 1. The van der Waals surface area contributed by atoms with Crippen molar-refractivity contribution < 1.29 is 24.5 Å². The molecule has 4 N–H and O–H groups in total. The smallest absolute Gasteiger partial charge is 0.417 e. The highest BCUT2D eigenvalue weighted by atomic mass is 35.5. The van der Waals surface area contributed by atoms with Crippen molar-refractivity contribution in [2.75, 3.05) is 18.5 Å². The SMILES string of the molecule is CC(C)n1cc(CCNCc2cccc3c4cccc(NC(=O)Oc5ccccc5Cl)cc-4nc23)cn1.O=C(O)CO. The van der Waals surface area contributed by atoms with E-state index in [2.05, 4.69) is 54.0 Å². The van der Waals surface area contributed by atoms with E-state index in [1.54, 1.807) is 24.3 Å². The number of fused-ring (bicyclic) bond motifs is 3. The van der Waals surface area contributed by atoms with Gasteiger partial charge in [-0.1, -0.05) is 54.1 Å². The second-order valence-corrected chi connectivity index (χ2v) is 10.1. The molecule has 1 aliphatic carbocycles. The van der Waals surface area contributed by atoms with E-state index in [1.165, 1.54) is 5.56 Å². The molecule has 0 atom stereocenters. The van der Waals surface area contributed by atoms with E-state index in [0.717, 1.165) is 40.7 Å². The lowest BCUT2D eigenvalue weighted by Gasteiger charge is -2.07. The van der Waals surface area contributed by atoms with Gasteiger partial charge >= 0.3 is 12.1 Å². The topological polar surface area (TPSA) is 139 Å². The van der Waals surface area contributed by atoms with E-state index >= 15 is 0 Å². The Morgan fingerprint density at radius 1 is 1.07 bits per heavy atom. The number of amides is 1. The summed E-state index contributed by atoms with van der Waals surface area (Å²) in [6.45, 7) is 5.02. The van der Waals surface area contributed by atoms with Gasteiger partial charge in [0.2, 0.25) is 0 Å². The highest BCUT2D eigenvalue weighted by Gasteiger charge is 2.15. The number of halogens is 1. The quantitative estimate of drug-likeness (QED) is 0.159. The van der Waals surface area contributed by atoms with Gasteiger partial charge in [0.25, 0.3) is 0 Å². The monoisotopic (exact) mass is 589 g/mol. The Labute approximate surface area is 248 Å². The number of aromatic nitrogens is 3. The number of nitrogens with zero attached hydrogens (tertiary/aromatic N) is 3. The van der Waals surface area contributed by atoms with Crippen LogP contribution in [0.15, 0.2) is 79.1 Å². The first-order chi connectivity index (χ1) is 20.2. The van der Waals surface area contributed by atoms with Gasteiger partial charge in [-0.15, -0.1) is 0 Å². The third-order valence-electron chi connectivity index (χ3n) is 6.26. The molecule has 1 amide bonds. The molecule has 0 spiro atoms. The van der Waals surface area contributed by atoms with Gasteiger partial charge in [0.05, 0.1) is 22.4 Å². The van der Waals surface area contributed by atoms with Crippen molar-refractivity contribution in [3.63, 3.8) is 0 Å². The van der Waals surface area contributed by atoms with Crippen LogP contribution in [0.2, 0.25) is 5.02 Å². The molecule has 218 valence electrons. The Bertz CT molecular complexity index is 1640. The van der Waals surface area contributed by atoms with E-state index in [9.17, 15) is 4.79 Å². The van der Waals surface area contributed by atoms with Crippen LogP contribution in [0.5, 0.6) is 5.75 Å². The van der Waals surface area contributed by atoms with Gasteiger partial charge in [0, 0.05) is 35.4 Å². The van der Waals surface area contributed by atoms with E-state index in [0.29, 0.717) is 29.0 Å². The van der Waals surface area contributed by atoms with Crippen LogP contribution in [0.1, 0.15) is 31.0 Å². The molecule has 0 fully saturated rings. The summed E-state index contributed by atoms with van der Waals surface area (Å²) in [4.78, 5) is 26.5. The molecule has 5 rings (SSSR count). The Morgan fingerprint density at radius 3 is 2.55 bits per heavy atom. The van der Waals surface area contributed by atoms with Crippen molar-refractivity contribution in [3.05, 3.63) is 95.3 Å². The van der Waals surface area contributed by atoms with Crippen LogP contribution in [0.25, 0.3) is 22.2 Å². The Kier molecular flexibility index (Phi) is 10.4. The van der Waals surface area contributed by atoms with Crippen LogP contribution in [0.4, 0.5) is 10.5 Å². The maximum Gasteiger partial charge on any atom is 0.417 e. The van der Waals surface area contributed by atoms with Crippen molar-refractivity contribution >= 4 is 40.3 Å². The van der Waals surface area contributed by atoms with E-state index < -0.39 is 18.7 Å². The third kappa shape index (κ3) is 8.03. The van der Waals surface area contributed by atoms with Gasteiger partial charge in [0.15, 0.2) is 5.75 Å². The molecule has 0 radical (unpaired) electrons. The minimum absolute atomic E-state index is 0.301. The number of benzene rings is 2. The van der Waals surface area contributed by atoms with Crippen molar-refractivity contribution in [3.8, 4) is 17.0 Å². The second-order valence-electron chi connectivity index (χ2n) is 9.70. The first kappa shape index (κ1) is 30.4. The number of hydrogen-bond donors (Lipinski definition) is 4. The minimum Gasteiger partial charge on any atom is -0.480 e. The first-order valence-corrected chi connectivity index (χ1v) is 13.7. The lowest BCUT2D eigenvalue weighted by Crippen LogP contribution is -2.16. The van der Waals surface area contributed by atoms with Gasteiger partial charge < -0.3 is 20.3 Å². The summed E-state index contributed by atoms with van der Waals surface area (Å²) >= 11 is 6.10. The van der Waals surface area contributed by atoms with Gasteiger partial charge in [0.1, 0.15) is 6.61 Å². The molecular weight excluding hydrogens is 558 g/mol. The maximum absolute atomic E-state index is 12.5. The standard InChI is InChI=1S/C29H28ClN5O2.C2H4O3/c1-19(2)35-18-20(16-32-35)13-14-31-17-21-7-5-10-24-23-9-6-8-22(15-26(23)34-28(21)24)33-29(36)37-27-12-4-3-11-25(27)30;3-1-2(4)5/h3-12,15-16,18-19,31H,13-14,17H2,1-2H3,(H,33,36);3H,1H2,(H,4,5). The lowest BCUT2D eigenvalue weighted by atomic mass is 10.1. The summed E-state index contributed by atoms with van der Waals surface area (Å²) < 4.78 is 7.33. The molecule has 3 aromatic rings. The molecule has 2 aliphatic rings. The van der Waals surface area contributed by atoms with E-state index in [1.807, 2.05) is 35.1 Å². The number of ether oxygens (including phenoxy) is 1. The zero-order valence-corrected chi connectivity index (χ0v) is 24.0. The van der Waals surface area contributed by atoms with Gasteiger partial charge in [-0.25, -0.2) is 14.6 Å². The number of anilines is 1. The van der Waals surface area contributed by atoms with Gasteiger partial charge in [-0.2, -0.15) is 5.10 Å². The van der Waals surface area contributed by atoms with Crippen LogP contribution in [-0.4, -0.2) is 50.2 Å². The molecule has 2 aromatic carbocycles. The van der Waals surface area contributed by atoms with E-state index in [4.69, 9.17) is 36.3 Å². The number of aliphatic hydroxyl groups excluding tert-OH is 1. The summed E-state index contributed by atoms with van der Waals surface area (Å²) in [5.74, 6) is -0.889. The average Bonchev–Trinajstić information content (AvgIpc) is 3.53. The number of hydrogen-bond acceptors (Lipinski definition) is 7. The molecule has 0 unspecified atom stereocenters. The summed E-state index contributed by atoms with van der Waals surface area (Å²) in [6.07, 6.45) is 4.33. The van der Waals surface area contributed by atoms with Crippen LogP contribution < -0.4 is 15.4 Å². The lowest BCUT2D eigenvalue weighted by molar-refractivity contribution is -0.140. The number of nitrogens with one attached hydrogen (secondary N) is 2. The van der Waals surface area contributed by atoms with Crippen molar-refractivity contribution in [2.45, 2.75) is 32.9 Å². The normalized spacial score (nSPS) is 10.9. The molecule has 2 heterocycles. The fourth-order valence-corrected chi connectivity index (χ4v) is 4.40.